The molecule has 13 heavy (non-hydrogen) atoms. The molecule has 0 amide bonds. The van der Waals surface area contributed by atoms with Crippen LogP contribution in [0.25, 0.3) is 0 Å². The van der Waals surface area contributed by atoms with E-state index in [0.29, 0.717) is 5.71 Å². The molecule has 0 aliphatic carbocycles. The zero-order valence-electron chi connectivity index (χ0n) is 8.59. The molecule has 1 N–H and O–H groups in total. The number of nitrogens with one attached hydrogen (secondary N) is 1. The molecule has 0 unspecified atom stereocenters. The summed E-state index contributed by atoms with van der Waals surface area (Å²) in [6, 6.07) is 0. The van der Waals surface area contributed by atoms with Crippen LogP contribution in [0.1, 0.15) is 40.0 Å². The van der Waals surface area contributed by atoms with Crippen LogP contribution in [0.15, 0.2) is 16.0 Å². The number of rotatable bonds is 5. The third-order valence-electron chi connectivity index (χ3n) is 1.82. The molecule has 0 saturated carbocycles. The van der Waals surface area contributed by atoms with Crippen molar-refractivity contribution in [1.29, 1.82) is 5.41 Å². The Labute approximate surface area is 86.2 Å². The quantitative estimate of drug-likeness (QED) is 0.501. The van der Waals surface area contributed by atoms with E-state index in [-0.39, 0.29) is 0 Å². The maximum Gasteiger partial charge on any atom is 0.0943 e. The Hall–Kier alpha value is -0.570. The van der Waals surface area contributed by atoms with Gasteiger partial charge in [-0.3, -0.25) is 0 Å². The van der Waals surface area contributed by atoms with Crippen LogP contribution < -0.4 is 0 Å². The van der Waals surface area contributed by atoms with Crippen LogP contribution in [-0.2, 0) is 0 Å². The standard InChI is InChI=1S/C10H18N2S/c1-4-6-7-9(5-2)10(12-13)8(3)11/h7,11,13H,4-6H2,1-3H3/b9-7+,11-8?,12-10+. The summed E-state index contributed by atoms with van der Waals surface area (Å²) in [6.45, 7) is 5.95. The van der Waals surface area contributed by atoms with Crippen LogP contribution in [0, 0.1) is 5.41 Å². The number of allylic oxidation sites excluding steroid dienone is 2. The predicted octanol–water partition coefficient (Wildman–Crippen LogP) is 3.45. The van der Waals surface area contributed by atoms with E-state index in [4.69, 9.17) is 5.41 Å². The van der Waals surface area contributed by atoms with Crippen LogP contribution in [0.4, 0.5) is 0 Å². The van der Waals surface area contributed by atoms with Crippen molar-refractivity contribution >= 4 is 24.2 Å². The van der Waals surface area contributed by atoms with E-state index < -0.39 is 0 Å². The molecule has 0 aliphatic rings. The molecule has 0 saturated heterocycles. The highest BCUT2D eigenvalue weighted by atomic mass is 32.1. The van der Waals surface area contributed by atoms with Gasteiger partial charge in [0, 0.05) is 0 Å². The van der Waals surface area contributed by atoms with Gasteiger partial charge < -0.3 is 5.41 Å². The van der Waals surface area contributed by atoms with Crippen molar-refractivity contribution < 1.29 is 0 Å². The number of unbranched alkanes of at least 4 members (excludes halogenated alkanes) is 1. The van der Waals surface area contributed by atoms with Crippen molar-refractivity contribution in [2.45, 2.75) is 40.0 Å². The van der Waals surface area contributed by atoms with Crippen molar-refractivity contribution in [3.8, 4) is 0 Å². The Kier molecular flexibility index (Phi) is 6.59. The fourth-order valence-electron chi connectivity index (χ4n) is 1.11. The molecule has 0 bridgehead atoms. The summed E-state index contributed by atoms with van der Waals surface area (Å²) in [5, 5.41) is 7.50. The maximum absolute atomic E-state index is 7.50. The monoisotopic (exact) mass is 198 g/mol. The summed E-state index contributed by atoms with van der Waals surface area (Å²) >= 11 is 3.88. The Morgan fingerprint density at radius 3 is 2.38 bits per heavy atom. The van der Waals surface area contributed by atoms with Gasteiger partial charge in [-0.2, -0.15) is 0 Å². The fraction of sp³-hybridized carbons (Fsp3) is 0.600. The first kappa shape index (κ1) is 12.4. The first-order chi connectivity index (χ1) is 6.17. The summed E-state index contributed by atoms with van der Waals surface area (Å²) in [5.41, 5.74) is 2.34. The lowest BCUT2D eigenvalue weighted by molar-refractivity contribution is 0.946. The molecule has 0 heterocycles. The van der Waals surface area contributed by atoms with E-state index in [9.17, 15) is 0 Å². The average molecular weight is 198 g/mol. The highest BCUT2D eigenvalue weighted by Crippen LogP contribution is 2.08. The van der Waals surface area contributed by atoms with Gasteiger partial charge in [-0.1, -0.05) is 26.3 Å². The Bertz CT molecular complexity index is 229. The largest absolute Gasteiger partial charge is 0.303 e. The van der Waals surface area contributed by atoms with Crippen molar-refractivity contribution in [2.24, 2.45) is 4.40 Å². The fourth-order valence-corrected chi connectivity index (χ4v) is 1.39. The molecule has 0 aliphatic heterocycles. The predicted molar refractivity (Wildman–Crippen MR) is 63.1 cm³/mol. The molecule has 3 heteroatoms. The van der Waals surface area contributed by atoms with Gasteiger partial charge in [-0.25, -0.2) is 4.40 Å². The van der Waals surface area contributed by atoms with Crippen molar-refractivity contribution in [1.82, 2.24) is 0 Å². The number of hydrogen-bond donors (Lipinski definition) is 2. The van der Waals surface area contributed by atoms with Crippen molar-refractivity contribution in [3.05, 3.63) is 11.6 Å². The molecule has 0 aromatic rings. The number of nitrogens with zero attached hydrogens (tertiary/aromatic N) is 1. The minimum absolute atomic E-state index is 0.485. The van der Waals surface area contributed by atoms with E-state index in [2.05, 4.69) is 37.1 Å². The van der Waals surface area contributed by atoms with Gasteiger partial charge in [0.05, 0.1) is 11.4 Å². The second kappa shape index (κ2) is 6.89. The summed E-state index contributed by atoms with van der Waals surface area (Å²) in [6.07, 6.45) is 5.23. The Morgan fingerprint density at radius 2 is 2.08 bits per heavy atom. The van der Waals surface area contributed by atoms with Gasteiger partial charge >= 0.3 is 0 Å². The summed E-state index contributed by atoms with van der Waals surface area (Å²) in [7, 11) is 0. The second-order valence-corrected chi connectivity index (χ2v) is 3.15. The van der Waals surface area contributed by atoms with E-state index >= 15 is 0 Å². The van der Waals surface area contributed by atoms with E-state index in [1.165, 1.54) is 0 Å². The number of thiol groups is 1. The molecule has 0 spiro atoms. The van der Waals surface area contributed by atoms with Crippen LogP contribution in [0.3, 0.4) is 0 Å². The average Bonchev–Trinajstić information content (AvgIpc) is 2.11. The molecule has 2 nitrogen and oxygen atoms in total. The van der Waals surface area contributed by atoms with Gasteiger partial charge in [0.25, 0.3) is 0 Å². The zero-order chi connectivity index (χ0) is 10.3. The first-order valence-electron chi connectivity index (χ1n) is 4.64. The van der Waals surface area contributed by atoms with Gasteiger partial charge in [-0.15, -0.1) is 0 Å². The first-order valence-corrected chi connectivity index (χ1v) is 5.04. The normalized spacial score (nSPS) is 13.2. The lowest BCUT2D eigenvalue weighted by Crippen LogP contribution is -2.11. The highest BCUT2D eigenvalue weighted by molar-refractivity contribution is 7.79. The molecule has 0 atom stereocenters. The SMILES string of the molecule is CCC/C=C(CC)/C(=N/S)C(C)=N. The molecule has 0 rings (SSSR count). The third-order valence-corrected chi connectivity index (χ3v) is 2.02. The van der Waals surface area contributed by atoms with Crippen LogP contribution in [0.5, 0.6) is 0 Å². The van der Waals surface area contributed by atoms with Crippen LogP contribution in [-0.4, -0.2) is 11.4 Å². The van der Waals surface area contributed by atoms with Gasteiger partial charge in [0.15, 0.2) is 0 Å². The molecule has 0 aromatic carbocycles. The summed E-state index contributed by atoms with van der Waals surface area (Å²) in [5.74, 6) is 0. The molecule has 74 valence electrons. The summed E-state index contributed by atoms with van der Waals surface area (Å²) < 4.78 is 3.83. The van der Waals surface area contributed by atoms with Crippen LogP contribution >= 0.6 is 12.8 Å². The summed E-state index contributed by atoms with van der Waals surface area (Å²) in [4.78, 5) is 0. The lowest BCUT2D eigenvalue weighted by atomic mass is 10.0. The van der Waals surface area contributed by atoms with Crippen LogP contribution in [0.2, 0.25) is 0 Å². The van der Waals surface area contributed by atoms with E-state index in [1.807, 2.05) is 0 Å². The molecule has 0 fully saturated rings. The van der Waals surface area contributed by atoms with Gasteiger partial charge in [-0.05, 0) is 38.2 Å². The maximum atomic E-state index is 7.50. The minimum atomic E-state index is 0.485. The van der Waals surface area contributed by atoms with E-state index in [1.54, 1.807) is 6.92 Å². The smallest absolute Gasteiger partial charge is 0.0943 e. The molecule has 0 radical (unpaired) electrons. The third kappa shape index (κ3) is 4.27. The topological polar surface area (TPSA) is 36.2 Å². The van der Waals surface area contributed by atoms with Crippen molar-refractivity contribution in [3.63, 3.8) is 0 Å². The number of hydrogen-bond acceptors (Lipinski definition) is 3. The highest BCUT2D eigenvalue weighted by Gasteiger charge is 2.06. The minimum Gasteiger partial charge on any atom is -0.303 e. The lowest BCUT2D eigenvalue weighted by Gasteiger charge is -2.05. The van der Waals surface area contributed by atoms with Gasteiger partial charge in [0.1, 0.15) is 0 Å². The molecular weight excluding hydrogens is 180 g/mol. The second-order valence-electron chi connectivity index (χ2n) is 2.95. The molecule has 0 aromatic heterocycles. The Morgan fingerprint density at radius 1 is 1.46 bits per heavy atom. The van der Waals surface area contributed by atoms with E-state index in [0.717, 1.165) is 30.5 Å². The van der Waals surface area contributed by atoms with Gasteiger partial charge in [0.2, 0.25) is 0 Å². The Balaban J connectivity index is 4.64. The van der Waals surface area contributed by atoms with Crippen molar-refractivity contribution in [2.75, 3.05) is 0 Å². The zero-order valence-corrected chi connectivity index (χ0v) is 9.49. The molecular formula is C10H18N2S.